The van der Waals surface area contributed by atoms with Crippen molar-refractivity contribution >= 4 is 9.84 Å². The number of hydrogen-bond donors (Lipinski definition) is 1. The molecular formula is C15H28N2O2S. The van der Waals surface area contributed by atoms with Gasteiger partial charge in [0.25, 0.3) is 0 Å². The van der Waals surface area contributed by atoms with Crippen LogP contribution in [0, 0.1) is 5.92 Å². The van der Waals surface area contributed by atoms with Crippen LogP contribution >= 0.6 is 0 Å². The van der Waals surface area contributed by atoms with E-state index in [0.29, 0.717) is 23.6 Å². The predicted molar refractivity (Wildman–Crippen MR) is 81.6 cm³/mol. The number of sulfone groups is 1. The number of piperazine rings is 1. The van der Waals surface area contributed by atoms with E-state index in [9.17, 15) is 8.42 Å². The second kappa shape index (κ2) is 5.25. The maximum atomic E-state index is 11.6. The van der Waals surface area contributed by atoms with E-state index in [1.165, 1.54) is 12.8 Å². The van der Waals surface area contributed by atoms with Crippen molar-refractivity contribution in [3.05, 3.63) is 0 Å². The Morgan fingerprint density at radius 2 is 1.85 bits per heavy atom. The third-order valence-electron chi connectivity index (χ3n) is 5.66. The lowest BCUT2D eigenvalue weighted by molar-refractivity contribution is 0.0328. The van der Waals surface area contributed by atoms with Gasteiger partial charge < -0.3 is 5.32 Å². The van der Waals surface area contributed by atoms with E-state index in [4.69, 9.17) is 0 Å². The van der Waals surface area contributed by atoms with Crippen molar-refractivity contribution in [3.8, 4) is 0 Å². The molecule has 1 saturated carbocycles. The van der Waals surface area contributed by atoms with Crippen molar-refractivity contribution in [1.29, 1.82) is 0 Å². The molecule has 0 aromatic rings. The molecule has 20 heavy (non-hydrogen) atoms. The van der Waals surface area contributed by atoms with Crippen LogP contribution in [0.5, 0.6) is 0 Å². The number of rotatable bonds is 3. The Morgan fingerprint density at radius 3 is 2.40 bits per heavy atom. The molecule has 2 unspecified atom stereocenters. The first-order valence-corrected chi connectivity index (χ1v) is 9.97. The topological polar surface area (TPSA) is 49.4 Å². The summed E-state index contributed by atoms with van der Waals surface area (Å²) in [5, 5.41) is 3.78. The quantitative estimate of drug-likeness (QED) is 0.856. The lowest BCUT2D eigenvalue weighted by Gasteiger charge is -2.50. The number of hydrogen-bond acceptors (Lipinski definition) is 4. The Kier molecular flexibility index (Phi) is 3.89. The first-order valence-electron chi connectivity index (χ1n) is 8.15. The Hall–Kier alpha value is -0.130. The minimum Gasteiger partial charge on any atom is -0.308 e. The first-order chi connectivity index (χ1) is 9.43. The lowest BCUT2D eigenvalue weighted by Crippen LogP contribution is -2.66. The normalized spacial score (nSPS) is 39.8. The molecule has 2 aliphatic heterocycles. The molecule has 0 aromatic heterocycles. The van der Waals surface area contributed by atoms with Crippen molar-refractivity contribution in [2.45, 2.75) is 63.6 Å². The van der Waals surface area contributed by atoms with Crippen LogP contribution in [0.3, 0.4) is 0 Å². The molecule has 0 bridgehead atoms. The second-order valence-corrected chi connectivity index (χ2v) is 9.49. The second-order valence-electron chi connectivity index (χ2n) is 7.19. The van der Waals surface area contributed by atoms with Gasteiger partial charge in [-0.25, -0.2) is 8.42 Å². The van der Waals surface area contributed by atoms with Gasteiger partial charge in [-0.2, -0.15) is 0 Å². The smallest absolute Gasteiger partial charge is 0.150 e. The zero-order chi connectivity index (χ0) is 14.4. The fourth-order valence-corrected chi connectivity index (χ4v) is 5.51. The summed E-state index contributed by atoms with van der Waals surface area (Å²) in [6, 6.07) is 1.05. The average molecular weight is 300 g/mol. The van der Waals surface area contributed by atoms with Gasteiger partial charge >= 0.3 is 0 Å². The molecule has 3 fully saturated rings. The highest BCUT2D eigenvalue weighted by Gasteiger charge is 2.47. The molecule has 3 aliphatic rings. The van der Waals surface area contributed by atoms with E-state index in [0.717, 1.165) is 38.3 Å². The van der Waals surface area contributed by atoms with E-state index < -0.39 is 9.84 Å². The Morgan fingerprint density at radius 1 is 1.20 bits per heavy atom. The monoisotopic (exact) mass is 300 g/mol. The van der Waals surface area contributed by atoms with Gasteiger partial charge in [0.05, 0.1) is 11.5 Å². The third kappa shape index (κ3) is 2.90. The largest absolute Gasteiger partial charge is 0.308 e. The van der Waals surface area contributed by atoms with Crippen molar-refractivity contribution in [1.82, 2.24) is 10.2 Å². The van der Waals surface area contributed by atoms with Crippen molar-refractivity contribution < 1.29 is 8.42 Å². The average Bonchev–Trinajstić information content (AvgIpc) is 3.23. The van der Waals surface area contributed by atoms with Crippen LogP contribution in [-0.2, 0) is 9.84 Å². The molecule has 2 atom stereocenters. The highest BCUT2D eigenvalue weighted by molar-refractivity contribution is 7.91. The van der Waals surface area contributed by atoms with E-state index in [1.54, 1.807) is 0 Å². The van der Waals surface area contributed by atoms with E-state index >= 15 is 0 Å². The summed E-state index contributed by atoms with van der Waals surface area (Å²) in [4.78, 5) is 2.64. The third-order valence-corrected chi connectivity index (χ3v) is 7.38. The highest BCUT2D eigenvalue weighted by Crippen LogP contribution is 2.42. The van der Waals surface area contributed by atoms with Gasteiger partial charge in [-0.15, -0.1) is 0 Å². The van der Waals surface area contributed by atoms with Crippen LogP contribution in [0.2, 0.25) is 0 Å². The van der Waals surface area contributed by atoms with Crippen LogP contribution in [0.1, 0.15) is 46.0 Å². The molecule has 116 valence electrons. The molecule has 5 heteroatoms. The fraction of sp³-hybridized carbons (Fsp3) is 1.00. The fourth-order valence-electron chi connectivity index (χ4n) is 4.04. The van der Waals surface area contributed by atoms with Crippen LogP contribution in [0.15, 0.2) is 0 Å². The molecule has 0 aromatic carbocycles. The van der Waals surface area contributed by atoms with Gasteiger partial charge in [-0.3, -0.25) is 4.90 Å². The molecule has 1 aliphatic carbocycles. The molecule has 1 N–H and O–H groups in total. The van der Waals surface area contributed by atoms with Crippen LogP contribution in [-0.4, -0.2) is 55.5 Å². The Balaban J connectivity index is 1.71. The Bertz CT molecular complexity index is 446. The SMILES string of the molecule is CCC1CNC(C)(C2CC2)CN1C1CCS(=O)(=O)CC1. The molecule has 0 spiro atoms. The lowest BCUT2D eigenvalue weighted by atomic mass is 9.88. The molecule has 0 amide bonds. The molecule has 3 rings (SSSR count). The molecule has 2 saturated heterocycles. The van der Waals surface area contributed by atoms with Gasteiger partial charge in [-0.05, 0) is 44.9 Å². The first kappa shape index (κ1) is 14.8. The zero-order valence-corrected chi connectivity index (χ0v) is 13.6. The van der Waals surface area contributed by atoms with Gasteiger partial charge in [0.1, 0.15) is 9.84 Å². The Labute approximate surface area is 123 Å². The van der Waals surface area contributed by atoms with Crippen LogP contribution in [0.4, 0.5) is 0 Å². The standard InChI is InChI=1S/C15H28N2O2S/c1-3-13-10-16-15(2,12-4-5-12)11-17(13)14-6-8-20(18,19)9-7-14/h12-14,16H,3-11H2,1-2H3. The summed E-state index contributed by atoms with van der Waals surface area (Å²) < 4.78 is 23.3. The van der Waals surface area contributed by atoms with E-state index in [1.807, 2.05) is 0 Å². The number of nitrogens with one attached hydrogen (secondary N) is 1. The summed E-state index contributed by atoms with van der Waals surface area (Å²) in [5.41, 5.74) is 0.252. The molecule has 0 radical (unpaired) electrons. The van der Waals surface area contributed by atoms with Crippen molar-refractivity contribution in [3.63, 3.8) is 0 Å². The maximum Gasteiger partial charge on any atom is 0.150 e. The minimum absolute atomic E-state index is 0.252. The van der Waals surface area contributed by atoms with Gasteiger partial charge in [-0.1, -0.05) is 6.92 Å². The zero-order valence-electron chi connectivity index (χ0n) is 12.8. The van der Waals surface area contributed by atoms with Crippen molar-refractivity contribution in [2.75, 3.05) is 24.6 Å². The molecule has 4 nitrogen and oxygen atoms in total. The van der Waals surface area contributed by atoms with Gasteiger partial charge in [0.15, 0.2) is 0 Å². The number of nitrogens with zero attached hydrogens (tertiary/aromatic N) is 1. The highest BCUT2D eigenvalue weighted by atomic mass is 32.2. The maximum absolute atomic E-state index is 11.6. The summed E-state index contributed by atoms with van der Waals surface area (Å²) in [6.45, 7) is 6.77. The minimum atomic E-state index is -2.75. The summed E-state index contributed by atoms with van der Waals surface area (Å²) >= 11 is 0. The van der Waals surface area contributed by atoms with Gasteiger partial charge in [0.2, 0.25) is 0 Å². The summed E-state index contributed by atoms with van der Waals surface area (Å²) in [5.74, 6) is 1.60. The van der Waals surface area contributed by atoms with E-state index in [2.05, 4.69) is 24.1 Å². The van der Waals surface area contributed by atoms with Crippen LogP contribution in [0.25, 0.3) is 0 Å². The van der Waals surface area contributed by atoms with Crippen LogP contribution < -0.4 is 5.32 Å². The summed E-state index contributed by atoms with van der Waals surface area (Å²) in [7, 11) is -2.75. The molecular weight excluding hydrogens is 272 g/mol. The van der Waals surface area contributed by atoms with E-state index in [-0.39, 0.29) is 5.54 Å². The predicted octanol–water partition coefficient (Wildman–Crippen LogP) is 1.42. The molecule has 2 heterocycles. The van der Waals surface area contributed by atoms with Crippen molar-refractivity contribution in [2.24, 2.45) is 5.92 Å². The van der Waals surface area contributed by atoms with Gasteiger partial charge in [0, 0.05) is 30.7 Å². The summed E-state index contributed by atoms with van der Waals surface area (Å²) in [6.07, 6.45) is 5.52.